The van der Waals surface area contributed by atoms with Crippen LogP contribution >= 0.6 is 0 Å². The molecule has 0 bridgehead atoms. The number of amides is 2. The molecule has 0 aliphatic carbocycles. The smallest absolute Gasteiger partial charge is 0.407 e. The average Bonchev–Trinajstić information content (AvgIpc) is 3.34. The van der Waals surface area contributed by atoms with Crippen LogP contribution in [0.15, 0.2) is 43.0 Å². The molecule has 0 aliphatic rings. The Bertz CT molecular complexity index is 1260. The highest BCUT2D eigenvalue weighted by Gasteiger charge is 2.26. The maximum atomic E-state index is 15.1. The molecule has 0 radical (unpaired) electrons. The summed E-state index contributed by atoms with van der Waals surface area (Å²) in [6.07, 6.45) is 6.56. The van der Waals surface area contributed by atoms with Gasteiger partial charge in [0, 0.05) is 24.5 Å². The number of pyridine rings is 2. The van der Waals surface area contributed by atoms with Gasteiger partial charge in [-0.05, 0) is 58.2 Å². The molecule has 0 saturated heterocycles. The van der Waals surface area contributed by atoms with E-state index in [2.05, 4.69) is 31.0 Å². The van der Waals surface area contributed by atoms with Crippen LogP contribution in [-0.2, 0) is 4.74 Å². The average molecular weight is 527 g/mol. The fourth-order valence-corrected chi connectivity index (χ4v) is 3.72. The number of aromatic nitrogens is 4. The molecular weight excluding hydrogens is 491 g/mol. The van der Waals surface area contributed by atoms with Gasteiger partial charge in [0.2, 0.25) is 0 Å². The summed E-state index contributed by atoms with van der Waals surface area (Å²) >= 11 is 0. The van der Waals surface area contributed by atoms with Crippen molar-refractivity contribution in [2.24, 2.45) is 11.7 Å². The molecule has 0 unspecified atom stereocenters. The summed E-state index contributed by atoms with van der Waals surface area (Å²) in [6.45, 7) is 11.1. The highest BCUT2D eigenvalue weighted by molar-refractivity contribution is 5.98. The third-order valence-electron chi connectivity index (χ3n) is 5.39. The number of nitrogens with one attached hydrogen (secondary N) is 3. The normalized spacial score (nSPS) is 13.1. The molecule has 2 atom stereocenters. The lowest BCUT2D eigenvalue weighted by Crippen LogP contribution is -2.47. The minimum atomic E-state index is -0.847. The number of hydrogen-bond donors (Lipinski definition) is 4. The highest BCUT2D eigenvalue weighted by atomic mass is 19.1. The van der Waals surface area contributed by atoms with Gasteiger partial charge in [0.1, 0.15) is 11.4 Å². The van der Waals surface area contributed by atoms with Crippen LogP contribution in [0.25, 0.3) is 5.69 Å². The number of nitrogens with two attached hydrogens (primary N) is 1. The first-order valence-electron chi connectivity index (χ1n) is 12.3. The number of carbonyl (C=O) groups excluding carboxylic acids is 2. The van der Waals surface area contributed by atoms with Crippen molar-refractivity contribution in [3.63, 3.8) is 0 Å². The third kappa shape index (κ3) is 7.89. The van der Waals surface area contributed by atoms with Crippen LogP contribution in [-0.4, -0.2) is 49.4 Å². The molecule has 0 saturated carbocycles. The number of rotatable bonds is 10. The molecule has 38 heavy (non-hydrogen) atoms. The van der Waals surface area contributed by atoms with Crippen molar-refractivity contribution in [1.29, 1.82) is 0 Å². The molecule has 12 heteroatoms. The van der Waals surface area contributed by atoms with Crippen LogP contribution in [0.5, 0.6) is 0 Å². The molecule has 5 N–H and O–H groups in total. The predicted octanol–water partition coefficient (Wildman–Crippen LogP) is 4.38. The van der Waals surface area contributed by atoms with Gasteiger partial charge >= 0.3 is 6.09 Å². The molecule has 3 heterocycles. The van der Waals surface area contributed by atoms with E-state index in [1.165, 1.54) is 6.20 Å². The molecule has 3 aromatic rings. The number of primary amides is 1. The minimum absolute atomic E-state index is 0.0527. The zero-order valence-corrected chi connectivity index (χ0v) is 22.4. The van der Waals surface area contributed by atoms with E-state index in [0.29, 0.717) is 17.8 Å². The van der Waals surface area contributed by atoms with E-state index in [-0.39, 0.29) is 23.1 Å². The first-order valence-corrected chi connectivity index (χ1v) is 12.3. The highest BCUT2D eigenvalue weighted by Crippen LogP contribution is 2.26. The number of hydrogen-bond acceptors (Lipinski definition) is 8. The summed E-state index contributed by atoms with van der Waals surface area (Å²) < 4.78 is 22.1. The third-order valence-corrected chi connectivity index (χ3v) is 5.39. The Kier molecular flexibility index (Phi) is 8.87. The molecule has 0 aliphatic heterocycles. The van der Waals surface area contributed by atoms with E-state index < -0.39 is 35.5 Å². The maximum absolute atomic E-state index is 15.1. The van der Waals surface area contributed by atoms with E-state index in [4.69, 9.17) is 10.5 Å². The summed E-state index contributed by atoms with van der Waals surface area (Å²) in [7, 11) is 0. The van der Waals surface area contributed by atoms with Gasteiger partial charge in [-0.25, -0.2) is 18.9 Å². The maximum Gasteiger partial charge on any atom is 0.407 e. The molecule has 3 rings (SSSR count). The first-order chi connectivity index (χ1) is 17.8. The Labute approximate surface area is 221 Å². The van der Waals surface area contributed by atoms with Crippen LogP contribution in [0.2, 0.25) is 0 Å². The fourth-order valence-electron chi connectivity index (χ4n) is 3.72. The number of alkyl carbamates (subject to hydrolysis) is 1. The second-order valence-corrected chi connectivity index (χ2v) is 10.4. The molecular formula is C26H35FN8O3. The van der Waals surface area contributed by atoms with Gasteiger partial charge in [-0.1, -0.05) is 13.8 Å². The van der Waals surface area contributed by atoms with Crippen LogP contribution < -0.4 is 21.7 Å². The molecule has 0 spiro atoms. The first kappa shape index (κ1) is 28.4. The van der Waals surface area contributed by atoms with E-state index in [1.54, 1.807) is 63.1 Å². The monoisotopic (exact) mass is 526 g/mol. The van der Waals surface area contributed by atoms with Crippen molar-refractivity contribution < 1.29 is 18.7 Å². The number of ether oxygens (including phenoxy) is 1. The van der Waals surface area contributed by atoms with Crippen molar-refractivity contribution in [2.45, 2.75) is 65.6 Å². The Hall–Kier alpha value is -4.22. The van der Waals surface area contributed by atoms with Gasteiger partial charge in [-0.2, -0.15) is 5.10 Å². The van der Waals surface area contributed by atoms with E-state index in [9.17, 15) is 9.59 Å². The Morgan fingerprint density at radius 2 is 1.89 bits per heavy atom. The second-order valence-electron chi connectivity index (χ2n) is 10.4. The topological polar surface area (TPSA) is 149 Å². The van der Waals surface area contributed by atoms with Crippen molar-refractivity contribution in [3.05, 3.63) is 54.4 Å². The largest absolute Gasteiger partial charge is 0.444 e. The van der Waals surface area contributed by atoms with E-state index in [1.807, 2.05) is 13.8 Å². The number of anilines is 3. The number of nitrogens with zero attached hydrogens (tertiary/aromatic N) is 4. The minimum Gasteiger partial charge on any atom is -0.444 e. The lowest BCUT2D eigenvalue weighted by molar-refractivity contribution is 0.0501. The van der Waals surface area contributed by atoms with Gasteiger partial charge in [-0.15, -0.1) is 0 Å². The summed E-state index contributed by atoms with van der Waals surface area (Å²) in [5, 5.41) is 13.1. The van der Waals surface area contributed by atoms with Crippen molar-refractivity contribution >= 4 is 29.3 Å². The van der Waals surface area contributed by atoms with Crippen LogP contribution in [0, 0.1) is 11.7 Å². The summed E-state index contributed by atoms with van der Waals surface area (Å²) in [5.41, 5.74) is 5.89. The predicted molar refractivity (Wildman–Crippen MR) is 143 cm³/mol. The summed E-state index contributed by atoms with van der Waals surface area (Å²) in [4.78, 5) is 33.0. The molecule has 0 aromatic carbocycles. The van der Waals surface area contributed by atoms with Gasteiger partial charge in [0.05, 0.1) is 29.3 Å². The molecule has 204 valence electrons. The van der Waals surface area contributed by atoms with E-state index in [0.717, 1.165) is 6.07 Å². The zero-order valence-electron chi connectivity index (χ0n) is 22.4. The Morgan fingerprint density at radius 3 is 2.50 bits per heavy atom. The van der Waals surface area contributed by atoms with Gasteiger partial charge in [-0.3, -0.25) is 9.78 Å². The van der Waals surface area contributed by atoms with Crippen LogP contribution in [0.3, 0.4) is 0 Å². The molecule has 11 nitrogen and oxygen atoms in total. The summed E-state index contributed by atoms with van der Waals surface area (Å²) in [5.74, 6) is -1.43. The number of halogens is 1. The zero-order chi connectivity index (χ0) is 28.0. The Morgan fingerprint density at radius 1 is 1.16 bits per heavy atom. The SMILES string of the molecule is CC(C)C[C@@H](Nc1nc(Nc2cncc(-n3cccn3)c2)c(C(N)=O)cc1F)[C@H](C)NC(=O)OC(C)(C)C. The van der Waals surface area contributed by atoms with Crippen molar-refractivity contribution in [3.8, 4) is 5.69 Å². The van der Waals surface area contributed by atoms with Crippen LogP contribution in [0.4, 0.5) is 26.5 Å². The van der Waals surface area contributed by atoms with E-state index >= 15 is 4.39 Å². The molecule has 3 aromatic heterocycles. The standard InChI is InChI=1S/C26H35FN8O3/c1-15(2)10-21(16(3)31-25(37)38-26(4,5)6)33-24-20(27)12-19(22(28)36)23(34-24)32-17-11-18(14-29-13-17)35-9-7-8-30-35/h7-9,11-16,21H,10H2,1-6H3,(H2,28,36)(H,31,37)(H2,32,33,34)/t16-,21+/m0/s1. The summed E-state index contributed by atoms with van der Waals surface area (Å²) in [6, 6.07) is 3.72. The quantitative estimate of drug-likeness (QED) is 0.304. The number of carbonyl (C=O) groups is 2. The second kappa shape index (κ2) is 11.9. The van der Waals surface area contributed by atoms with Crippen LogP contribution in [0.1, 0.15) is 58.3 Å². The van der Waals surface area contributed by atoms with Crippen molar-refractivity contribution in [1.82, 2.24) is 25.1 Å². The van der Waals surface area contributed by atoms with Gasteiger partial charge in [0.15, 0.2) is 11.6 Å². The lowest BCUT2D eigenvalue weighted by atomic mass is 9.98. The fraction of sp³-hybridized carbons (Fsp3) is 0.423. The lowest BCUT2D eigenvalue weighted by Gasteiger charge is -2.29. The molecule has 2 amide bonds. The molecule has 0 fully saturated rings. The van der Waals surface area contributed by atoms with Gasteiger partial charge < -0.3 is 26.4 Å². The van der Waals surface area contributed by atoms with Gasteiger partial charge in [0.25, 0.3) is 5.91 Å². The van der Waals surface area contributed by atoms with Crippen molar-refractivity contribution in [2.75, 3.05) is 10.6 Å². The Balaban J connectivity index is 1.89.